The second kappa shape index (κ2) is 7.64. The van der Waals surface area contributed by atoms with Gasteiger partial charge in [-0.05, 0) is 31.0 Å². The Balaban J connectivity index is 0.00000110. The van der Waals surface area contributed by atoms with Crippen LogP contribution in [0.25, 0.3) is 0 Å². The first-order chi connectivity index (χ1) is 9.22. The zero-order valence-corrected chi connectivity index (χ0v) is 13.7. The second-order valence-corrected chi connectivity index (χ2v) is 5.69. The highest BCUT2D eigenvalue weighted by atomic mass is 35.5. The number of hydrogen-bond acceptors (Lipinski definition) is 4. The van der Waals surface area contributed by atoms with Crippen LogP contribution in [0.5, 0.6) is 0 Å². The van der Waals surface area contributed by atoms with Crippen LogP contribution in [0.4, 0.5) is 5.69 Å². The highest BCUT2D eigenvalue weighted by Crippen LogP contribution is 2.40. The summed E-state index contributed by atoms with van der Waals surface area (Å²) in [4.78, 5) is 16.5. The number of carbonyl (C=O) groups excluding carboxylic acids is 1. The molecular formula is C14H17Cl2N3OS. The quantitative estimate of drug-likeness (QED) is 0.834. The van der Waals surface area contributed by atoms with Gasteiger partial charge in [-0.15, -0.1) is 36.2 Å². The number of anilines is 1. The lowest BCUT2D eigenvalue weighted by molar-refractivity contribution is 0.0951. The number of hydrogen-bond donors (Lipinski definition) is 2. The van der Waals surface area contributed by atoms with E-state index in [9.17, 15) is 4.79 Å². The van der Waals surface area contributed by atoms with E-state index in [-0.39, 0.29) is 30.7 Å². The van der Waals surface area contributed by atoms with E-state index >= 15 is 0 Å². The molecule has 21 heavy (non-hydrogen) atoms. The number of carbonyl (C=O) groups is 1. The third kappa shape index (κ3) is 4.59. The Kier molecular flexibility index (Phi) is 6.45. The Hall–Kier alpha value is -1.30. The highest BCUT2D eigenvalue weighted by Gasteiger charge is 2.25. The molecule has 1 amide bonds. The number of nitrogen functional groups attached to an aromatic ring is 1. The maximum Gasteiger partial charge on any atom is 0.251 e. The van der Waals surface area contributed by atoms with E-state index in [4.69, 9.17) is 5.73 Å². The van der Waals surface area contributed by atoms with Gasteiger partial charge in [0.1, 0.15) is 5.01 Å². The van der Waals surface area contributed by atoms with E-state index in [1.54, 1.807) is 35.6 Å². The molecule has 1 heterocycles. The monoisotopic (exact) mass is 345 g/mol. The summed E-state index contributed by atoms with van der Waals surface area (Å²) in [6, 6.07) is 6.97. The molecule has 3 N–H and O–H groups in total. The van der Waals surface area contributed by atoms with Crippen LogP contribution in [0.15, 0.2) is 29.6 Å². The van der Waals surface area contributed by atoms with Crippen LogP contribution in [0.3, 0.4) is 0 Å². The molecule has 3 rings (SSSR count). The van der Waals surface area contributed by atoms with Crippen LogP contribution in [0, 0.1) is 0 Å². The summed E-state index contributed by atoms with van der Waals surface area (Å²) in [5, 5.41) is 5.92. The van der Waals surface area contributed by atoms with Gasteiger partial charge in [-0.25, -0.2) is 4.98 Å². The number of rotatable bonds is 4. The van der Waals surface area contributed by atoms with Crippen LogP contribution < -0.4 is 11.1 Å². The van der Waals surface area contributed by atoms with Crippen molar-refractivity contribution in [1.82, 2.24) is 10.3 Å². The van der Waals surface area contributed by atoms with Gasteiger partial charge in [0.2, 0.25) is 0 Å². The maximum atomic E-state index is 11.9. The molecular weight excluding hydrogens is 329 g/mol. The molecule has 1 fully saturated rings. The lowest BCUT2D eigenvalue weighted by Gasteiger charge is -2.03. The average molecular weight is 346 g/mol. The molecule has 0 spiro atoms. The molecule has 0 unspecified atom stereocenters. The molecule has 1 aromatic carbocycles. The molecule has 2 aromatic rings. The number of nitrogens with zero attached hydrogens (tertiary/aromatic N) is 1. The summed E-state index contributed by atoms with van der Waals surface area (Å²) >= 11 is 1.61. The van der Waals surface area contributed by atoms with Crippen molar-refractivity contribution in [3.63, 3.8) is 0 Å². The van der Waals surface area contributed by atoms with E-state index in [2.05, 4.69) is 15.7 Å². The number of nitrogens with one attached hydrogen (secondary N) is 1. The van der Waals surface area contributed by atoms with Gasteiger partial charge in [0.15, 0.2) is 0 Å². The third-order valence-electron chi connectivity index (χ3n) is 3.11. The minimum absolute atomic E-state index is 0. The molecule has 0 saturated heterocycles. The summed E-state index contributed by atoms with van der Waals surface area (Å²) in [5.74, 6) is 0.546. The Bertz CT molecular complexity index is 614. The summed E-state index contributed by atoms with van der Waals surface area (Å²) in [6.07, 6.45) is 2.50. The Morgan fingerprint density at radius 2 is 2.14 bits per heavy atom. The fraction of sp³-hybridized carbons (Fsp3) is 0.286. The molecule has 4 nitrogen and oxygen atoms in total. The van der Waals surface area contributed by atoms with Gasteiger partial charge in [-0.1, -0.05) is 6.07 Å². The Morgan fingerprint density at radius 3 is 2.81 bits per heavy atom. The molecule has 1 aliphatic rings. The first-order valence-electron chi connectivity index (χ1n) is 6.30. The van der Waals surface area contributed by atoms with Gasteiger partial charge < -0.3 is 11.1 Å². The van der Waals surface area contributed by atoms with E-state index in [0.717, 1.165) is 5.01 Å². The molecule has 1 saturated carbocycles. The van der Waals surface area contributed by atoms with Crippen LogP contribution >= 0.6 is 36.2 Å². The molecule has 7 heteroatoms. The summed E-state index contributed by atoms with van der Waals surface area (Å²) in [7, 11) is 0. The van der Waals surface area contributed by atoms with Crippen molar-refractivity contribution in [2.75, 3.05) is 5.73 Å². The smallest absolute Gasteiger partial charge is 0.251 e. The first-order valence-corrected chi connectivity index (χ1v) is 7.18. The topological polar surface area (TPSA) is 68.0 Å². The Morgan fingerprint density at radius 1 is 1.38 bits per heavy atom. The minimum Gasteiger partial charge on any atom is -0.399 e. The number of nitrogens with two attached hydrogens (primary N) is 1. The third-order valence-corrected chi connectivity index (χ3v) is 3.98. The fourth-order valence-corrected chi connectivity index (χ4v) is 2.73. The molecule has 1 aromatic heterocycles. The van der Waals surface area contributed by atoms with Gasteiger partial charge in [0, 0.05) is 22.5 Å². The van der Waals surface area contributed by atoms with Crippen molar-refractivity contribution in [3.05, 3.63) is 45.9 Å². The predicted octanol–water partition coefficient (Wildman–Crippen LogP) is 3.38. The van der Waals surface area contributed by atoms with Crippen molar-refractivity contribution >= 4 is 47.7 Å². The van der Waals surface area contributed by atoms with E-state index in [1.807, 2.05) is 0 Å². The number of amides is 1. The zero-order chi connectivity index (χ0) is 13.2. The Labute approximate surface area is 140 Å². The molecule has 0 bridgehead atoms. The van der Waals surface area contributed by atoms with Gasteiger partial charge in [-0.3, -0.25) is 4.79 Å². The lowest BCUT2D eigenvalue weighted by Crippen LogP contribution is -2.22. The number of halogens is 2. The highest BCUT2D eigenvalue weighted by molar-refractivity contribution is 7.09. The van der Waals surface area contributed by atoms with Crippen LogP contribution in [0.1, 0.15) is 39.8 Å². The first kappa shape index (κ1) is 17.8. The molecule has 114 valence electrons. The van der Waals surface area contributed by atoms with E-state index < -0.39 is 0 Å². The van der Waals surface area contributed by atoms with Crippen molar-refractivity contribution in [1.29, 1.82) is 0 Å². The van der Waals surface area contributed by atoms with Gasteiger partial charge >= 0.3 is 0 Å². The fourth-order valence-electron chi connectivity index (χ4n) is 1.91. The van der Waals surface area contributed by atoms with Crippen LogP contribution in [-0.2, 0) is 6.54 Å². The van der Waals surface area contributed by atoms with E-state index in [1.165, 1.54) is 18.5 Å². The standard InChI is InChI=1S/C14H15N3OS.2ClH/c15-11-3-1-2-10(6-11)14(18)16-7-13-17-12(8-19-13)9-4-5-9;;/h1-3,6,8-9H,4-5,7,15H2,(H,16,18);2*1H. The van der Waals surface area contributed by atoms with Gasteiger partial charge in [0.25, 0.3) is 5.91 Å². The average Bonchev–Trinajstić information content (AvgIpc) is 3.15. The molecule has 1 aliphatic carbocycles. The SMILES string of the molecule is Cl.Cl.Nc1cccc(C(=O)NCc2nc(C3CC3)cs2)c1. The lowest BCUT2D eigenvalue weighted by atomic mass is 10.2. The molecule has 0 radical (unpaired) electrons. The van der Waals surface area contributed by atoms with Crippen LogP contribution in [-0.4, -0.2) is 10.9 Å². The number of thiazole rings is 1. The second-order valence-electron chi connectivity index (χ2n) is 4.75. The van der Waals surface area contributed by atoms with Gasteiger partial charge in [-0.2, -0.15) is 0 Å². The van der Waals surface area contributed by atoms with Crippen LogP contribution in [0.2, 0.25) is 0 Å². The number of aromatic nitrogens is 1. The largest absolute Gasteiger partial charge is 0.399 e. The van der Waals surface area contributed by atoms with Crippen molar-refractivity contribution < 1.29 is 4.79 Å². The molecule has 0 aliphatic heterocycles. The van der Waals surface area contributed by atoms with Crippen molar-refractivity contribution in [2.24, 2.45) is 0 Å². The van der Waals surface area contributed by atoms with Crippen molar-refractivity contribution in [3.8, 4) is 0 Å². The van der Waals surface area contributed by atoms with E-state index in [0.29, 0.717) is 23.7 Å². The predicted molar refractivity (Wildman–Crippen MR) is 90.6 cm³/mol. The number of benzene rings is 1. The summed E-state index contributed by atoms with van der Waals surface area (Å²) < 4.78 is 0. The zero-order valence-electron chi connectivity index (χ0n) is 11.2. The van der Waals surface area contributed by atoms with Gasteiger partial charge in [0.05, 0.1) is 12.2 Å². The summed E-state index contributed by atoms with van der Waals surface area (Å²) in [5.41, 5.74) is 8.01. The summed E-state index contributed by atoms with van der Waals surface area (Å²) in [6.45, 7) is 0.477. The normalized spacial score (nSPS) is 13.0. The maximum absolute atomic E-state index is 11.9. The van der Waals surface area contributed by atoms with Crippen molar-refractivity contribution in [2.45, 2.75) is 25.3 Å². The minimum atomic E-state index is -0.115. The molecule has 0 atom stereocenters.